The third kappa shape index (κ3) is 2.05. The van der Waals surface area contributed by atoms with Crippen molar-refractivity contribution in [3.63, 3.8) is 0 Å². The molecule has 1 aromatic rings. The van der Waals surface area contributed by atoms with E-state index in [2.05, 4.69) is 21.8 Å². The number of methoxy groups -OCH3 is 1. The van der Waals surface area contributed by atoms with Gasteiger partial charge in [0.25, 0.3) is 0 Å². The van der Waals surface area contributed by atoms with Crippen LogP contribution in [0.15, 0.2) is 24.3 Å². The number of hydrogen-bond acceptors (Lipinski definition) is 5. The van der Waals surface area contributed by atoms with Gasteiger partial charge in [-0.15, -0.1) is 0 Å². The Morgan fingerprint density at radius 2 is 1.64 bits per heavy atom. The third-order valence-corrected chi connectivity index (χ3v) is 1.80. The maximum atomic E-state index is 11.2. The van der Waals surface area contributed by atoms with Gasteiger partial charge in [-0.1, -0.05) is 12.1 Å². The van der Waals surface area contributed by atoms with Crippen molar-refractivity contribution < 1.29 is 18.5 Å². The topological polar surface area (TPSA) is 52.6 Å². The molecule has 0 radical (unpaired) electrons. The minimum Gasteiger partial charge on any atom is -0.465 e. The van der Waals surface area contributed by atoms with E-state index in [-0.39, 0.29) is 11.1 Å². The monoisotopic (exact) mass is 212 g/mol. The maximum Gasteiger partial charge on any atom is 0.350 e. The molecule has 1 rings (SSSR count). The van der Waals surface area contributed by atoms with Gasteiger partial charge in [0.15, 0.2) is 0 Å². The predicted molar refractivity (Wildman–Crippen MR) is 52.2 cm³/mol. The molecule has 0 aliphatic rings. The number of benzene rings is 1. The van der Waals surface area contributed by atoms with Gasteiger partial charge in [-0.25, -0.2) is 9.59 Å². The molecular formula is C9H8O4S. The van der Waals surface area contributed by atoms with Crippen LogP contribution < -0.4 is 0 Å². The fourth-order valence-corrected chi connectivity index (χ4v) is 1.10. The number of carbonyl (C=O) groups is 2. The van der Waals surface area contributed by atoms with Gasteiger partial charge in [-0.2, -0.15) is 0 Å². The molecule has 0 unspecified atom stereocenters. The lowest BCUT2D eigenvalue weighted by Gasteiger charge is -2.03. The average molecular weight is 212 g/mol. The molecule has 0 bridgehead atoms. The highest BCUT2D eigenvalue weighted by Gasteiger charge is 2.17. The number of carbonyl (C=O) groups excluding carboxylic acids is 2. The molecule has 74 valence electrons. The molecule has 0 aromatic heterocycles. The molecule has 1 aromatic carbocycles. The fourth-order valence-electron chi connectivity index (χ4n) is 0.998. The van der Waals surface area contributed by atoms with Crippen molar-refractivity contribution in [3.05, 3.63) is 35.4 Å². The Balaban J connectivity index is 3.15. The Morgan fingerprint density at radius 3 is 2.07 bits per heavy atom. The molecule has 0 aliphatic heterocycles. The minimum atomic E-state index is -0.686. The van der Waals surface area contributed by atoms with Gasteiger partial charge in [0.2, 0.25) is 0 Å². The lowest BCUT2D eigenvalue weighted by Crippen LogP contribution is -2.10. The first kappa shape index (κ1) is 10.6. The highest BCUT2D eigenvalue weighted by molar-refractivity contribution is 7.75. The summed E-state index contributed by atoms with van der Waals surface area (Å²) in [5.74, 6) is -1.27. The van der Waals surface area contributed by atoms with Crippen LogP contribution in [0.5, 0.6) is 0 Å². The van der Waals surface area contributed by atoms with E-state index in [0.717, 1.165) is 0 Å². The normalized spacial score (nSPS) is 9.29. The van der Waals surface area contributed by atoms with Crippen LogP contribution in [0.4, 0.5) is 0 Å². The van der Waals surface area contributed by atoms with Crippen molar-refractivity contribution in [3.8, 4) is 0 Å². The number of rotatable bonds is 2. The quantitative estimate of drug-likeness (QED) is 0.458. The van der Waals surface area contributed by atoms with Gasteiger partial charge in [-0.05, 0) is 12.1 Å². The first-order valence-corrected chi connectivity index (χ1v) is 4.10. The van der Waals surface area contributed by atoms with Crippen molar-refractivity contribution in [1.82, 2.24) is 0 Å². The van der Waals surface area contributed by atoms with Gasteiger partial charge in [-0.3, -0.25) is 0 Å². The highest BCUT2D eigenvalue weighted by atomic mass is 32.1. The maximum absolute atomic E-state index is 11.2. The molecule has 14 heavy (non-hydrogen) atoms. The van der Waals surface area contributed by atoms with Crippen molar-refractivity contribution >= 4 is 24.8 Å². The Kier molecular flexibility index (Phi) is 3.53. The van der Waals surface area contributed by atoms with Crippen LogP contribution in [0, 0.1) is 0 Å². The molecule has 0 N–H and O–H groups in total. The summed E-state index contributed by atoms with van der Waals surface area (Å²) in [6.45, 7) is 0. The summed E-state index contributed by atoms with van der Waals surface area (Å²) in [5.41, 5.74) is 0.295. The van der Waals surface area contributed by atoms with Crippen LogP contribution in [0.25, 0.3) is 0 Å². The Bertz CT molecular complexity index is 327. The van der Waals surface area contributed by atoms with E-state index in [1.54, 1.807) is 12.1 Å². The predicted octanol–water partition coefficient (Wildman–Crippen LogP) is 1.47. The van der Waals surface area contributed by atoms with E-state index in [4.69, 9.17) is 0 Å². The summed E-state index contributed by atoms with van der Waals surface area (Å²) in [4.78, 5) is 22.3. The first-order chi connectivity index (χ1) is 6.70. The van der Waals surface area contributed by atoms with Crippen LogP contribution >= 0.6 is 12.9 Å². The van der Waals surface area contributed by atoms with E-state index in [0.29, 0.717) is 0 Å². The summed E-state index contributed by atoms with van der Waals surface area (Å²) < 4.78 is 8.72. The largest absolute Gasteiger partial charge is 0.465 e. The number of thiol groups is 1. The molecular weight excluding hydrogens is 204 g/mol. The lowest BCUT2D eigenvalue weighted by atomic mass is 10.1. The second-order valence-electron chi connectivity index (χ2n) is 2.42. The minimum absolute atomic E-state index is 0.134. The van der Waals surface area contributed by atoms with Crippen LogP contribution in [-0.2, 0) is 8.92 Å². The Morgan fingerprint density at radius 1 is 1.14 bits per heavy atom. The van der Waals surface area contributed by atoms with Crippen molar-refractivity contribution in [2.75, 3.05) is 7.11 Å². The second-order valence-corrected chi connectivity index (χ2v) is 2.60. The summed E-state index contributed by atoms with van der Waals surface area (Å²) in [5, 5.41) is 0. The van der Waals surface area contributed by atoms with Crippen molar-refractivity contribution in [2.45, 2.75) is 0 Å². The molecule has 5 heteroatoms. The fraction of sp³-hybridized carbons (Fsp3) is 0.111. The van der Waals surface area contributed by atoms with Crippen molar-refractivity contribution in [2.24, 2.45) is 0 Å². The van der Waals surface area contributed by atoms with Gasteiger partial charge in [0.05, 0.1) is 18.2 Å². The zero-order valence-corrected chi connectivity index (χ0v) is 8.28. The molecule has 0 atom stereocenters. The molecule has 4 nitrogen and oxygen atoms in total. The van der Waals surface area contributed by atoms with Crippen LogP contribution in [0.2, 0.25) is 0 Å². The second kappa shape index (κ2) is 4.66. The molecule has 0 aliphatic carbocycles. The standard InChI is InChI=1S/C9H8O4S/c1-12-8(10)6-4-2-3-5-7(6)9(11)13-14/h2-5,14H,1H3. The van der Waals surface area contributed by atoms with Gasteiger partial charge in [0, 0.05) is 12.9 Å². The van der Waals surface area contributed by atoms with Crippen LogP contribution in [0.1, 0.15) is 20.7 Å². The molecule has 0 amide bonds. The third-order valence-electron chi connectivity index (χ3n) is 1.64. The number of hydrogen-bond donors (Lipinski definition) is 1. The van der Waals surface area contributed by atoms with Crippen LogP contribution in [0.3, 0.4) is 0 Å². The summed E-state index contributed by atoms with van der Waals surface area (Å²) in [6, 6.07) is 6.19. The smallest absolute Gasteiger partial charge is 0.350 e. The van der Waals surface area contributed by atoms with E-state index in [1.165, 1.54) is 19.2 Å². The van der Waals surface area contributed by atoms with Gasteiger partial charge < -0.3 is 8.92 Å². The zero-order valence-electron chi connectivity index (χ0n) is 7.39. The summed E-state index contributed by atoms with van der Waals surface area (Å²) in [6.07, 6.45) is 0. The molecule has 0 saturated carbocycles. The zero-order chi connectivity index (χ0) is 10.6. The molecule has 0 spiro atoms. The van der Waals surface area contributed by atoms with Crippen molar-refractivity contribution in [1.29, 1.82) is 0 Å². The van der Waals surface area contributed by atoms with Crippen LogP contribution in [-0.4, -0.2) is 19.0 Å². The van der Waals surface area contributed by atoms with E-state index in [9.17, 15) is 9.59 Å². The SMILES string of the molecule is COC(=O)c1ccccc1C(=O)OS. The Hall–Kier alpha value is -1.49. The van der Waals surface area contributed by atoms with E-state index in [1.807, 2.05) is 0 Å². The Labute approximate surface area is 86.4 Å². The highest BCUT2D eigenvalue weighted by Crippen LogP contribution is 2.11. The lowest BCUT2D eigenvalue weighted by molar-refractivity contribution is 0.0590. The van der Waals surface area contributed by atoms with E-state index >= 15 is 0 Å². The average Bonchev–Trinajstić information content (AvgIpc) is 2.27. The number of esters is 1. The number of ether oxygens (including phenoxy) is 1. The van der Waals surface area contributed by atoms with Gasteiger partial charge in [0.1, 0.15) is 0 Å². The summed E-state index contributed by atoms with van der Waals surface area (Å²) in [7, 11) is 1.24. The van der Waals surface area contributed by atoms with Gasteiger partial charge >= 0.3 is 11.9 Å². The van der Waals surface area contributed by atoms with E-state index < -0.39 is 11.9 Å². The molecule has 0 fully saturated rings. The summed E-state index contributed by atoms with van der Waals surface area (Å²) >= 11 is 3.37. The first-order valence-electron chi connectivity index (χ1n) is 3.73. The molecule has 0 saturated heterocycles. The molecule has 0 heterocycles.